The number of carbonyl (C=O) groups is 1. The van der Waals surface area contributed by atoms with Crippen LogP contribution in [-0.4, -0.2) is 32.6 Å². The Hall–Kier alpha value is -2.44. The fourth-order valence-corrected chi connectivity index (χ4v) is 1.16. The average molecular weight is 219 g/mol. The van der Waals surface area contributed by atoms with Gasteiger partial charge in [-0.25, -0.2) is 19.7 Å². The molecule has 82 valence electrons. The van der Waals surface area contributed by atoms with Crippen molar-refractivity contribution in [2.24, 2.45) is 0 Å². The third-order valence-corrected chi connectivity index (χ3v) is 1.92. The van der Waals surface area contributed by atoms with Gasteiger partial charge in [0.05, 0.1) is 7.11 Å². The standard InChI is InChI=1S/C9H9N5O2/c1-16-9(15)6-3-14(5-13-6)8-2-7(10)11-4-12-8/h2-5H,1H3,(H2,10,11,12). The zero-order chi connectivity index (χ0) is 11.5. The Labute approximate surface area is 90.9 Å². The summed E-state index contributed by atoms with van der Waals surface area (Å²) >= 11 is 0. The number of ether oxygens (including phenoxy) is 1. The van der Waals surface area contributed by atoms with E-state index in [0.717, 1.165) is 0 Å². The summed E-state index contributed by atoms with van der Waals surface area (Å²) in [5.41, 5.74) is 5.72. The van der Waals surface area contributed by atoms with Crippen LogP contribution in [0.3, 0.4) is 0 Å². The van der Waals surface area contributed by atoms with Gasteiger partial charge in [0.25, 0.3) is 0 Å². The molecule has 0 aliphatic heterocycles. The van der Waals surface area contributed by atoms with Crippen molar-refractivity contribution in [2.75, 3.05) is 12.8 Å². The fourth-order valence-electron chi connectivity index (χ4n) is 1.16. The third kappa shape index (κ3) is 1.83. The molecule has 2 aromatic heterocycles. The zero-order valence-corrected chi connectivity index (χ0v) is 8.49. The molecule has 2 N–H and O–H groups in total. The summed E-state index contributed by atoms with van der Waals surface area (Å²) in [6.07, 6.45) is 4.30. The maximum Gasteiger partial charge on any atom is 0.358 e. The van der Waals surface area contributed by atoms with Gasteiger partial charge in [0, 0.05) is 12.3 Å². The lowest BCUT2D eigenvalue weighted by Gasteiger charge is -1.99. The molecule has 0 saturated carbocycles. The highest BCUT2D eigenvalue weighted by Gasteiger charge is 2.10. The van der Waals surface area contributed by atoms with E-state index in [2.05, 4.69) is 19.7 Å². The van der Waals surface area contributed by atoms with Gasteiger partial charge in [-0.2, -0.15) is 0 Å². The molecule has 0 saturated heterocycles. The smallest absolute Gasteiger partial charge is 0.358 e. The number of nitrogens with zero attached hydrogens (tertiary/aromatic N) is 4. The lowest BCUT2D eigenvalue weighted by molar-refractivity contribution is 0.0594. The summed E-state index contributed by atoms with van der Waals surface area (Å²) in [4.78, 5) is 22.8. The molecule has 0 aromatic carbocycles. The van der Waals surface area contributed by atoms with Crippen molar-refractivity contribution in [1.29, 1.82) is 0 Å². The predicted octanol–water partition coefficient (Wildman–Crippen LogP) is 0.0311. The van der Waals surface area contributed by atoms with E-state index in [9.17, 15) is 4.79 Å². The first-order valence-electron chi connectivity index (χ1n) is 4.41. The van der Waals surface area contributed by atoms with Crippen molar-refractivity contribution < 1.29 is 9.53 Å². The molecule has 2 rings (SSSR count). The van der Waals surface area contributed by atoms with Crippen molar-refractivity contribution in [2.45, 2.75) is 0 Å². The molecule has 0 radical (unpaired) electrons. The summed E-state index contributed by atoms with van der Waals surface area (Å²) in [7, 11) is 1.30. The molecular formula is C9H9N5O2. The van der Waals surface area contributed by atoms with Crippen LogP contribution in [0.15, 0.2) is 24.9 Å². The monoisotopic (exact) mass is 219 g/mol. The van der Waals surface area contributed by atoms with Crippen molar-refractivity contribution in [3.8, 4) is 5.82 Å². The van der Waals surface area contributed by atoms with Crippen LogP contribution in [0.25, 0.3) is 5.82 Å². The second-order valence-corrected chi connectivity index (χ2v) is 2.96. The second-order valence-electron chi connectivity index (χ2n) is 2.96. The van der Waals surface area contributed by atoms with Crippen LogP contribution in [0.1, 0.15) is 10.5 Å². The van der Waals surface area contributed by atoms with Gasteiger partial charge in [-0.1, -0.05) is 0 Å². The summed E-state index contributed by atoms with van der Waals surface area (Å²) in [5, 5.41) is 0. The molecule has 0 atom stereocenters. The number of esters is 1. The van der Waals surface area contributed by atoms with E-state index in [1.54, 1.807) is 10.6 Å². The van der Waals surface area contributed by atoms with Crippen LogP contribution in [0.4, 0.5) is 5.82 Å². The van der Waals surface area contributed by atoms with Gasteiger partial charge >= 0.3 is 5.97 Å². The van der Waals surface area contributed by atoms with Gasteiger partial charge in [-0.05, 0) is 0 Å². The maximum atomic E-state index is 11.2. The first-order valence-corrected chi connectivity index (χ1v) is 4.41. The number of nitrogen functional groups attached to an aromatic ring is 1. The van der Waals surface area contributed by atoms with Gasteiger partial charge in [0.15, 0.2) is 5.69 Å². The number of carbonyl (C=O) groups excluding carboxylic acids is 1. The Morgan fingerprint density at radius 3 is 2.94 bits per heavy atom. The van der Waals surface area contributed by atoms with Crippen LogP contribution in [0, 0.1) is 0 Å². The number of anilines is 1. The molecule has 7 heteroatoms. The summed E-state index contributed by atoms with van der Waals surface area (Å²) in [6, 6.07) is 1.57. The van der Waals surface area contributed by atoms with Crippen molar-refractivity contribution in [3.63, 3.8) is 0 Å². The lowest BCUT2D eigenvalue weighted by atomic mass is 10.5. The quantitative estimate of drug-likeness (QED) is 0.716. The number of rotatable bonds is 2. The lowest BCUT2D eigenvalue weighted by Crippen LogP contribution is -2.01. The molecule has 0 aliphatic rings. The zero-order valence-electron chi connectivity index (χ0n) is 8.49. The highest BCUT2D eigenvalue weighted by molar-refractivity contribution is 5.86. The molecule has 0 spiro atoms. The Balaban J connectivity index is 2.35. The van der Waals surface area contributed by atoms with Gasteiger partial charge in [0.1, 0.15) is 24.3 Å². The van der Waals surface area contributed by atoms with Crippen molar-refractivity contribution >= 4 is 11.8 Å². The molecule has 2 heterocycles. The first-order chi connectivity index (χ1) is 7.70. The molecule has 0 aliphatic carbocycles. The van der Waals surface area contributed by atoms with Crippen LogP contribution in [-0.2, 0) is 4.74 Å². The Morgan fingerprint density at radius 1 is 1.44 bits per heavy atom. The minimum atomic E-state index is -0.499. The highest BCUT2D eigenvalue weighted by Crippen LogP contribution is 2.07. The van der Waals surface area contributed by atoms with Crippen molar-refractivity contribution in [3.05, 3.63) is 30.6 Å². The molecular weight excluding hydrogens is 210 g/mol. The summed E-state index contributed by atoms with van der Waals surface area (Å²) in [5.74, 6) is 0.384. The molecule has 2 aromatic rings. The Bertz CT molecular complexity index is 522. The van der Waals surface area contributed by atoms with E-state index in [1.807, 2.05) is 0 Å². The van der Waals surface area contributed by atoms with Crippen molar-refractivity contribution in [1.82, 2.24) is 19.5 Å². The fraction of sp³-hybridized carbons (Fsp3) is 0.111. The highest BCUT2D eigenvalue weighted by atomic mass is 16.5. The molecule has 0 fully saturated rings. The molecule has 0 unspecified atom stereocenters. The largest absolute Gasteiger partial charge is 0.464 e. The van der Waals surface area contributed by atoms with Gasteiger partial charge < -0.3 is 10.5 Å². The van der Waals surface area contributed by atoms with E-state index in [0.29, 0.717) is 11.6 Å². The van der Waals surface area contributed by atoms with E-state index in [1.165, 1.54) is 26.0 Å². The number of aromatic nitrogens is 4. The van der Waals surface area contributed by atoms with E-state index in [4.69, 9.17) is 5.73 Å². The van der Waals surface area contributed by atoms with Crippen LogP contribution in [0.5, 0.6) is 0 Å². The first kappa shape index (κ1) is 10.1. The topological polar surface area (TPSA) is 95.9 Å². The Morgan fingerprint density at radius 2 is 2.25 bits per heavy atom. The van der Waals surface area contributed by atoms with E-state index in [-0.39, 0.29) is 5.69 Å². The SMILES string of the molecule is COC(=O)c1cn(-c2cc(N)ncn2)cn1. The molecule has 7 nitrogen and oxygen atoms in total. The third-order valence-electron chi connectivity index (χ3n) is 1.92. The minimum absolute atomic E-state index is 0.208. The van der Waals surface area contributed by atoms with Crippen LogP contribution >= 0.6 is 0 Å². The van der Waals surface area contributed by atoms with Crippen LogP contribution < -0.4 is 5.73 Å². The van der Waals surface area contributed by atoms with Gasteiger partial charge in [0.2, 0.25) is 0 Å². The minimum Gasteiger partial charge on any atom is -0.464 e. The summed E-state index contributed by atoms with van der Waals surface area (Å²) in [6.45, 7) is 0. The van der Waals surface area contributed by atoms with Gasteiger partial charge in [-0.3, -0.25) is 4.57 Å². The predicted molar refractivity (Wildman–Crippen MR) is 54.9 cm³/mol. The van der Waals surface area contributed by atoms with E-state index < -0.39 is 5.97 Å². The van der Waals surface area contributed by atoms with Crippen LogP contribution in [0.2, 0.25) is 0 Å². The number of imidazole rings is 1. The number of hydrogen-bond acceptors (Lipinski definition) is 6. The maximum absolute atomic E-state index is 11.2. The molecule has 16 heavy (non-hydrogen) atoms. The summed E-state index contributed by atoms with van der Waals surface area (Å²) < 4.78 is 6.10. The van der Waals surface area contributed by atoms with Gasteiger partial charge in [-0.15, -0.1) is 0 Å². The van der Waals surface area contributed by atoms with E-state index >= 15 is 0 Å². The molecule has 0 amide bonds. The average Bonchev–Trinajstić information content (AvgIpc) is 2.77. The number of methoxy groups -OCH3 is 1. The second kappa shape index (κ2) is 3.97. The normalized spacial score (nSPS) is 10.1. The number of nitrogens with two attached hydrogens (primary N) is 1. The number of hydrogen-bond donors (Lipinski definition) is 1. The Kier molecular flexibility index (Phi) is 2.50. The molecule has 0 bridgehead atoms.